The molecule has 1 fully saturated rings. The van der Waals surface area contributed by atoms with Crippen molar-refractivity contribution in [1.29, 1.82) is 0 Å². The van der Waals surface area contributed by atoms with Crippen molar-refractivity contribution in [3.8, 4) is 0 Å². The number of phosphoric acid groups is 1. The van der Waals surface area contributed by atoms with E-state index in [0.29, 0.717) is 0 Å². The van der Waals surface area contributed by atoms with Gasteiger partial charge in [-0.1, -0.05) is 0 Å². The number of esters is 5. The van der Waals surface area contributed by atoms with Crippen LogP contribution in [0.1, 0.15) is 34.6 Å². The van der Waals surface area contributed by atoms with E-state index in [0.717, 1.165) is 34.6 Å². The number of hydrogen-bond donors (Lipinski definition) is 2. The predicted octanol–water partition coefficient (Wildman–Crippen LogP) is -0.864. The van der Waals surface area contributed by atoms with Crippen LogP contribution in [0.25, 0.3) is 0 Å². The molecule has 0 aromatic carbocycles. The number of carbonyl (C=O) groups excluding carboxylic acids is 5. The van der Waals surface area contributed by atoms with E-state index in [4.69, 9.17) is 23.7 Å². The van der Waals surface area contributed by atoms with Gasteiger partial charge < -0.3 is 33.5 Å². The highest BCUT2D eigenvalue weighted by Crippen LogP contribution is 2.44. The fourth-order valence-corrected chi connectivity index (χ4v) is 3.59. The van der Waals surface area contributed by atoms with Gasteiger partial charge in [0.15, 0.2) is 36.6 Å². The standard InChI is InChI=1S/C16H23O14P/c1-6(17)25-11-12(26-7(2)18)14(28-9(4)20)16(30-31(22,23)24)15(29-10(5)21)13(11)27-8(3)19/h11-16H,1-5H3,(H2,22,23,24)/t11?,12-,13?,14?,15+,16-/m1/s1. The largest absolute Gasteiger partial charge is 0.470 e. The molecule has 0 radical (unpaired) electrons. The highest BCUT2D eigenvalue weighted by atomic mass is 31.2. The van der Waals surface area contributed by atoms with Crippen LogP contribution in [0.3, 0.4) is 0 Å². The van der Waals surface area contributed by atoms with Crippen molar-refractivity contribution < 1.29 is 66.5 Å². The van der Waals surface area contributed by atoms with Gasteiger partial charge in [0.2, 0.25) is 0 Å². The topological polar surface area (TPSA) is 198 Å². The minimum absolute atomic E-state index is 0.930. The van der Waals surface area contributed by atoms with Crippen molar-refractivity contribution in [3.63, 3.8) is 0 Å². The molecule has 1 aliphatic carbocycles. The second-order valence-electron chi connectivity index (χ2n) is 6.43. The van der Waals surface area contributed by atoms with Gasteiger partial charge in [-0.3, -0.25) is 28.5 Å². The summed E-state index contributed by atoms with van der Waals surface area (Å²) < 4.78 is 41.5. The summed E-state index contributed by atoms with van der Waals surface area (Å²) in [6, 6.07) is 0. The van der Waals surface area contributed by atoms with Crippen molar-refractivity contribution in [2.24, 2.45) is 0 Å². The third kappa shape index (κ3) is 8.25. The Morgan fingerprint density at radius 2 is 0.710 bits per heavy atom. The zero-order valence-electron chi connectivity index (χ0n) is 17.2. The highest BCUT2D eigenvalue weighted by molar-refractivity contribution is 7.46. The molecular weight excluding hydrogens is 447 g/mol. The summed E-state index contributed by atoms with van der Waals surface area (Å²) in [5, 5.41) is 0. The third-order valence-electron chi connectivity index (χ3n) is 3.71. The molecule has 3 unspecified atom stereocenters. The summed E-state index contributed by atoms with van der Waals surface area (Å²) in [5.74, 6) is -4.90. The number of hydrogen-bond acceptors (Lipinski definition) is 12. The first kappa shape index (κ1) is 26.5. The monoisotopic (exact) mass is 470 g/mol. The Morgan fingerprint density at radius 1 is 0.516 bits per heavy atom. The smallest absolute Gasteiger partial charge is 0.455 e. The molecule has 0 amide bonds. The van der Waals surface area contributed by atoms with Crippen molar-refractivity contribution in [3.05, 3.63) is 0 Å². The van der Waals surface area contributed by atoms with E-state index in [1.807, 2.05) is 0 Å². The lowest BCUT2D eigenvalue weighted by Crippen LogP contribution is -2.68. The Balaban J connectivity index is 3.73. The molecule has 0 bridgehead atoms. The third-order valence-corrected chi connectivity index (χ3v) is 4.23. The molecule has 15 heteroatoms. The zero-order chi connectivity index (χ0) is 24.1. The van der Waals surface area contributed by atoms with E-state index in [1.165, 1.54) is 0 Å². The van der Waals surface area contributed by atoms with Crippen LogP contribution in [0.4, 0.5) is 0 Å². The second kappa shape index (κ2) is 10.7. The fraction of sp³-hybridized carbons (Fsp3) is 0.688. The van der Waals surface area contributed by atoms with Gasteiger partial charge in [-0.15, -0.1) is 0 Å². The Labute approximate surface area is 176 Å². The second-order valence-corrected chi connectivity index (χ2v) is 7.62. The van der Waals surface area contributed by atoms with Crippen LogP contribution >= 0.6 is 7.82 Å². The van der Waals surface area contributed by atoms with Gasteiger partial charge in [0.25, 0.3) is 0 Å². The van der Waals surface area contributed by atoms with E-state index < -0.39 is 74.3 Å². The number of phosphoric ester groups is 1. The summed E-state index contributed by atoms with van der Waals surface area (Å²) in [6.45, 7) is 4.73. The van der Waals surface area contributed by atoms with E-state index in [9.17, 15) is 38.3 Å². The van der Waals surface area contributed by atoms with Crippen molar-refractivity contribution >= 4 is 37.7 Å². The van der Waals surface area contributed by atoms with Gasteiger partial charge in [0.05, 0.1) is 0 Å². The molecule has 1 saturated carbocycles. The maximum Gasteiger partial charge on any atom is 0.470 e. The Bertz CT molecular complexity index is 728. The van der Waals surface area contributed by atoms with Crippen LogP contribution in [0.15, 0.2) is 0 Å². The Hall–Kier alpha value is -2.54. The first-order valence-electron chi connectivity index (χ1n) is 8.72. The summed E-state index contributed by atoms with van der Waals surface area (Å²) >= 11 is 0. The van der Waals surface area contributed by atoms with Crippen molar-refractivity contribution in [1.82, 2.24) is 0 Å². The maximum absolute atomic E-state index is 11.7. The van der Waals surface area contributed by atoms with Gasteiger partial charge in [-0.05, 0) is 0 Å². The molecule has 14 nitrogen and oxygen atoms in total. The average molecular weight is 470 g/mol. The van der Waals surface area contributed by atoms with Gasteiger partial charge in [-0.2, -0.15) is 0 Å². The molecule has 0 aromatic rings. The highest BCUT2D eigenvalue weighted by Gasteiger charge is 2.61. The fourth-order valence-electron chi connectivity index (χ4n) is 3.03. The van der Waals surface area contributed by atoms with Crippen LogP contribution in [-0.4, -0.2) is 76.3 Å². The zero-order valence-corrected chi connectivity index (χ0v) is 18.1. The molecule has 0 saturated heterocycles. The molecule has 1 rings (SSSR count). The van der Waals surface area contributed by atoms with E-state index in [-0.39, 0.29) is 0 Å². The molecule has 0 aromatic heterocycles. The van der Waals surface area contributed by atoms with E-state index in [2.05, 4.69) is 4.52 Å². The molecule has 0 heterocycles. The van der Waals surface area contributed by atoms with Gasteiger partial charge >= 0.3 is 37.7 Å². The van der Waals surface area contributed by atoms with Gasteiger partial charge in [0.1, 0.15) is 0 Å². The van der Waals surface area contributed by atoms with Crippen LogP contribution < -0.4 is 0 Å². The van der Waals surface area contributed by atoms with Crippen molar-refractivity contribution in [2.45, 2.75) is 71.2 Å². The summed E-state index contributed by atoms with van der Waals surface area (Å²) in [5.41, 5.74) is 0. The quantitative estimate of drug-likeness (QED) is 0.264. The van der Waals surface area contributed by atoms with Crippen LogP contribution in [0.5, 0.6) is 0 Å². The summed E-state index contributed by atoms with van der Waals surface area (Å²) in [7, 11) is -5.34. The minimum Gasteiger partial charge on any atom is -0.455 e. The van der Waals surface area contributed by atoms with Crippen molar-refractivity contribution in [2.75, 3.05) is 0 Å². The molecule has 1 aliphatic rings. The first-order chi connectivity index (χ1) is 14.1. The van der Waals surface area contributed by atoms with Gasteiger partial charge in [-0.25, -0.2) is 4.57 Å². The van der Waals surface area contributed by atoms with Gasteiger partial charge in [0, 0.05) is 34.6 Å². The van der Waals surface area contributed by atoms with Crippen LogP contribution in [0.2, 0.25) is 0 Å². The minimum atomic E-state index is -5.34. The lowest BCUT2D eigenvalue weighted by Gasteiger charge is -2.47. The molecule has 0 spiro atoms. The molecule has 6 atom stereocenters. The SMILES string of the molecule is CC(=O)OC1C(OC(C)=O)[C@H](OC(C)=O)[C@H](OP(=O)(O)O)C(OC(C)=O)[C@@H]1OC(C)=O. The average Bonchev–Trinajstić information content (AvgIpc) is 2.54. The number of carbonyl (C=O) groups is 5. The Kier molecular flexibility index (Phi) is 9.11. The maximum atomic E-state index is 11.7. The molecular formula is C16H23O14P. The van der Waals surface area contributed by atoms with Crippen LogP contribution in [-0.2, 0) is 56.7 Å². The molecule has 31 heavy (non-hydrogen) atoms. The Morgan fingerprint density at radius 3 is 0.871 bits per heavy atom. The van der Waals surface area contributed by atoms with E-state index >= 15 is 0 Å². The molecule has 2 N–H and O–H groups in total. The lowest BCUT2D eigenvalue weighted by atomic mass is 9.83. The molecule has 0 aliphatic heterocycles. The lowest BCUT2D eigenvalue weighted by molar-refractivity contribution is -0.253. The van der Waals surface area contributed by atoms with Crippen LogP contribution in [0, 0.1) is 0 Å². The number of rotatable bonds is 7. The van der Waals surface area contributed by atoms with E-state index in [1.54, 1.807) is 0 Å². The normalized spacial score (nSPS) is 28.1. The number of ether oxygens (including phenoxy) is 5. The summed E-state index contributed by atoms with van der Waals surface area (Å²) in [6.07, 6.45) is -10.9. The molecule has 176 valence electrons. The first-order valence-corrected chi connectivity index (χ1v) is 10.3. The summed E-state index contributed by atoms with van der Waals surface area (Å²) in [4.78, 5) is 77.0. The predicted molar refractivity (Wildman–Crippen MR) is 94.7 cm³/mol.